The van der Waals surface area contributed by atoms with Gasteiger partial charge in [0.25, 0.3) is 5.91 Å². The number of rotatable bonds is 5. The molecular weight excluding hydrogens is 318 g/mol. The van der Waals surface area contributed by atoms with Gasteiger partial charge in [0.2, 0.25) is 0 Å². The number of nitrogens with one attached hydrogen (secondary N) is 3. The summed E-state index contributed by atoms with van der Waals surface area (Å²) in [5.74, 6) is -0.143. The van der Waals surface area contributed by atoms with Gasteiger partial charge in [0, 0.05) is 30.1 Å². The molecule has 0 spiro atoms. The predicted octanol–water partition coefficient (Wildman–Crippen LogP) is 3.24. The number of para-hydroxylation sites is 1. The van der Waals surface area contributed by atoms with E-state index in [1.165, 1.54) is 0 Å². The fourth-order valence-corrected chi connectivity index (χ4v) is 2.63. The normalized spacial score (nSPS) is 16.2. The van der Waals surface area contributed by atoms with Gasteiger partial charge in [-0.1, -0.05) is 18.2 Å². The van der Waals surface area contributed by atoms with Crippen LogP contribution in [0.15, 0.2) is 54.6 Å². The van der Waals surface area contributed by atoms with Crippen LogP contribution in [-0.4, -0.2) is 31.2 Å². The summed E-state index contributed by atoms with van der Waals surface area (Å²) in [6, 6.07) is 15.6. The smallest absolute Gasteiger partial charge is 0.323 e. The summed E-state index contributed by atoms with van der Waals surface area (Å²) in [5.41, 5.74) is 1.88. The molecule has 0 unspecified atom stereocenters. The third-order valence-corrected chi connectivity index (χ3v) is 3.95. The Hall–Kier alpha value is -2.86. The van der Waals surface area contributed by atoms with Crippen LogP contribution in [0.1, 0.15) is 23.2 Å². The number of amides is 3. The highest BCUT2D eigenvalue weighted by atomic mass is 16.5. The van der Waals surface area contributed by atoms with Crippen molar-refractivity contribution in [2.45, 2.75) is 18.9 Å². The molecule has 0 aliphatic carbocycles. The van der Waals surface area contributed by atoms with Gasteiger partial charge in [-0.05, 0) is 49.2 Å². The van der Waals surface area contributed by atoms with Crippen molar-refractivity contribution < 1.29 is 14.3 Å². The Morgan fingerprint density at radius 2 is 1.64 bits per heavy atom. The third kappa shape index (κ3) is 5.06. The van der Waals surface area contributed by atoms with Crippen LogP contribution in [0.3, 0.4) is 0 Å². The molecule has 1 aliphatic rings. The second-order valence-corrected chi connectivity index (χ2v) is 5.87. The summed E-state index contributed by atoms with van der Waals surface area (Å²) in [6.07, 6.45) is 2.15. The predicted molar refractivity (Wildman–Crippen MR) is 96.8 cm³/mol. The lowest BCUT2D eigenvalue weighted by Crippen LogP contribution is -2.31. The quantitative estimate of drug-likeness (QED) is 0.782. The van der Waals surface area contributed by atoms with E-state index in [0.29, 0.717) is 23.5 Å². The van der Waals surface area contributed by atoms with Crippen LogP contribution in [-0.2, 0) is 4.74 Å². The van der Waals surface area contributed by atoms with Crippen LogP contribution >= 0.6 is 0 Å². The molecule has 3 rings (SSSR count). The number of carbonyl (C=O) groups excluding carboxylic acids is 2. The summed E-state index contributed by atoms with van der Waals surface area (Å²) < 4.78 is 5.48. The van der Waals surface area contributed by atoms with E-state index in [0.717, 1.165) is 19.4 Å². The first-order valence-corrected chi connectivity index (χ1v) is 8.33. The number of urea groups is 1. The SMILES string of the molecule is O=C(Nc1ccccc1)Nc1ccc(C(=O)NC[C@@H]2CCCO2)cc1. The molecule has 6 nitrogen and oxygen atoms in total. The van der Waals surface area contributed by atoms with Gasteiger partial charge in [0.1, 0.15) is 0 Å². The first kappa shape index (κ1) is 17.0. The number of ether oxygens (including phenoxy) is 1. The Morgan fingerprint density at radius 3 is 2.28 bits per heavy atom. The van der Waals surface area contributed by atoms with Crippen molar-refractivity contribution >= 4 is 23.3 Å². The van der Waals surface area contributed by atoms with E-state index in [1.54, 1.807) is 36.4 Å². The molecule has 25 heavy (non-hydrogen) atoms. The Morgan fingerprint density at radius 1 is 0.960 bits per heavy atom. The van der Waals surface area contributed by atoms with Crippen molar-refractivity contribution in [2.24, 2.45) is 0 Å². The van der Waals surface area contributed by atoms with Gasteiger partial charge in [-0.3, -0.25) is 4.79 Å². The Labute approximate surface area is 146 Å². The zero-order chi connectivity index (χ0) is 17.5. The minimum absolute atomic E-state index is 0.117. The fourth-order valence-electron chi connectivity index (χ4n) is 2.63. The van der Waals surface area contributed by atoms with Crippen LogP contribution in [0.25, 0.3) is 0 Å². The molecule has 0 radical (unpaired) electrons. The van der Waals surface area contributed by atoms with Gasteiger partial charge in [0.15, 0.2) is 0 Å². The summed E-state index contributed by atoms with van der Waals surface area (Å²) in [4.78, 5) is 24.0. The topological polar surface area (TPSA) is 79.5 Å². The average Bonchev–Trinajstić information content (AvgIpc) is 3.14. The maximum atomic E-state index is 12.1. The largest absolute Gasteiger partial charge is 0.376 e. The Bertz CT molecular complexity index is 710. The minimum atomic E-state index is -0.332. The van der Waals surface area contributed by atoms with Gasteiger partial charge >= 0.3 is 6.03 Å². The molecule has 1 fully saturated rings. The van der Waals surface area contributed by atoms with Crippen molar-refractivity contribution in [3.63, 3.8) is 0 Å². The van der Waals surface area contributed by atoms with Crippen LogP contribution < -0.4 is 16.0 Å². The molecule has 0 saturated carbocycles. The Kier molecular flexibility index (Phi) is 5.64. The fraction of sp³-hybridized carbons (Fsp3) is 0.263. The maximum Gasteiger partial charge on any atom is 0.323 e. The molecule has 1 saturated heterocycles. The molecule has 6 heteroatoms. The summed E-state index contributed by atoms with van der Waals surface area (Å²) in [6.45, 7) is 1.30. The van der Waals surface area contributed by atoms with Crippen molar-refractivity contribution in [1.82, 2.24) is 5.32 Å². The van der Waals surface area contributed by atoms with E-state index in [1.807, 2.05) is 18.2 Å². The van der Waals surface area contributed by atoms with Crippen molar-refractivity contribution in [3.05, 3.63) is 60.2 Å². The minimum Gasteiger partial charge on any atom is -0.376 e. The second kappa shape index (κ2) is 8.30. The van der Waals surface area contributed by atoms with Crippen LogP contribution in [0.4, 0.5) is 16.2 Å². The second-order valence-electron chi connectivity index (χ2n) is 5.87. The van der Waals surface area contributed by atoms with Crippen molar-refractivity contribution in [2.75, 3.05) is 23.8 Å². The zero-order valence-electron chi connectivity index (χ0n) is 13.8. The third-order valence-electron chi connectivity index (χ3n) is 3.95. The van der Waals surface area contributed by atoms with Crippen molar-refractivity contribution in [1.29, 1.82) is 0 Å². The standard InChI is InChI=1S/C19H21N3O3/c23-18(20-13-17-7-4-12-25-17)14-8-10-16(11-9-14)22-19(24)21-15-5-2-1-3-6-15/h1-3,5-6,8-11,17H,4,7,12-13H2,(H,20,23)(H2,21,22,24)/t17-/m0/s1. The highest BCUT2D eigenvalue weighted by Crippen LogP contribution is 2.13. The number of anilines is 2. The molecule has 1 atom stereocenters. The van der Waals surface area contributed by atoms with E-state index in [-0.39, 0.29) is 18.0 Å². The van der Waals surface area contributed by atoms with Crippen LogP contribution in [0.2, 0.25) is 0 Å². The van der Waals surface area contributed by atoms with Crippen molar-refractivity contribution in [3.8, 4) is 0 Å². The highest BCUT2D eigenvalue weighted by molar-refractivity contribution is 6.00. The lowest BCUT2D eigenvalue weighted by Gasteiger charge is -2.11. The number of benzene rings is 2. The summed E-state index contributed by atoms with van der Waals surface area (Å²) in [7, 11) is 0. The maximum absolute atomic E-state index is 12.1. The van der Waals surface area contributed by atoms with E-state index in [9.17, 15) is 9.59 Å². The first-order valence-electron chi connectivity index (χ1n) is 8.33. The van der Waals surface area contributed by atoms with Crippen LogP contribution in [0, 0.1) is 0 Å². The van der Waals surface area contributed by atoms with Gasteiger partial charge in [0.05, 0.1) is 6.10 Å². The van der Waals surface area contributed by atoms with Gasteiger partial charge in [-0.15, -0.1) is 0 Å². The summed E-state index contributed by atoms with van der Waals surface area (Å²) >= 11 is 0. The molecule has 2 aromatic carbocycles. The molecule has 0 bridgehead atoms. The molecule has 1 heterocycles. The molecule has 2 aromatic rings. The summed E-state index contributed by atoms with van der Waals surface area (Å²) in [5, 5.41) is 8.34. The number of carbonyl (C=O) groups is 2. The molecular formula is C19H21N3O3. The number of hydrogen-bond acceptors (Lipinski definition) is 3. The molecule has 130 valence electrons. The van der Waals surface area contributed by atoms with E-state index in [2.05, 4.69) is 16.0 Å². The van der Waals surface area contributed by atoms with E-state index in [4.69, 9.17) is 4.74 Å². The van der Waals surface area contributed by atoms with E-state index >= 15 is 0 Å². The van der Waals surface area contributed by atoms with E-state index < -0.39 is 0 Å². The molecule has 3 N–H and O–H groups in total. The monoisotopic (exact) mass is 339 g/mol. The molecule has 3 amide bonds. The molecule has 0 aromatic heterocycles. The molecule has 1 aliphatic heterocycles. The van der Waals surface area contributed by atoms with Gasteiger partial charge in [-0.2, -0.15) is 0 Å². The number of hydrogen-bond donors (Lipinski definition) is 3. The highest BCUT2D eigenvalue weighted by Gasteiger charge is 2.16. The Balaban J connectivity index is 1.49. The average molecular weight is 339 g/mol. The first-order chi connectivity index (χ1) is 12.2. The van der Waals surface area contributed by atoms with Gasteiger partial charge in [-0.25, -0.2) is 4.79 Å². The lowest BCUT2D eigenvalue weighted by molar-refractivity contribution is 0.0858. The zero-order valence-corrected chi connectivity index (χ0v) is 13.8. The van der Waals surface area contributed by atoms with Gasteiger partial charge < -0.3 is 20.7 Å². The van der Waals surface area contributed by atoms with Crippen LogP contribution in [0.5, 0.6) is 0 Å². The lowest BCUT2D eigenvalue weighted by atomic mass is 10.2.